The molecule has 0 saturated heterocycles. The van der Waals surface area contributed by atoms with E-state index in [0.717, 1.165) is 49.4 Å². The van der Waals surface area contributed by atoms with E-state index in [-0.39, 0.29) is 30.1 Å². The van der Waals surface area contributed by atoms with E-state index in [1.165, 1.54) is 5.57 Å². The molecular formula is C26H40N4O4. The molecule has 2 aliphatic heterocycles. The van der Waals surface area contributed by atoms with Crippen LogP contribution in [-0.4, -0.2) is 64.5 Å². The van der Waals surface area contributed by atoms with Gasteiger partial charge in [-0.15, -0.1) is 0 Å². The van der Waals surface area contributed by atoms with Crippen LogP contribution in [0.3, 0.4) is 0 Å². The quantitative estimate of drug-likeness (QED) is 0.329. The molecule has 4 atom stereocenters. The number of ether oxygens (including phenoxy) is 3. The highest BCUT2D eigenvalue weighted by atomic mass is 16.6. The van der Waals surface area contributed by atoms with Gasteiger partial charge in [-0.05, 0) is 78.0 Å². The number of rotatable bonds is 6. The van der Waals surface area contributed by atoms with Gasteiger partial charge in [0.25, 0.3) is 0 Å². The predicted octanol–water partition coefficient (Wildman–Crippen LogP) is 3.46. The maximum Gasteiger partial charge on any atom is 0.338 e. The summed E-state index contributed by atoms with van der Waals surface area (Å²) >= 11 is 0. The molecule has 34 heavy (non-hydrogen) atoms. The van der Waals surface area contributed by atoms with Gasteiger partial charge in [-0.25, -0.2) is 4.79 Å². The van der Waals surface area contributed by atoms with Crippen molar-refractivity contribution in [2.45, 2.75) is 45.4 Å². The Morgan fingerprint density at radius 2 is 2.09 bits per heavy atom. The number of hydrogen-bond donors (Lipinski definition) is 3. The van der Waals surface area contributed by atoms with Crippen molar-refractivity contribution in [3.8, 4) is 5.75 Å². The third-order valence-electron chi connectivity index (χ3n) is 7.00. The number of methoxy groups -OCH3 is 1. The molecule has 1 aromatic carbocycles. The van der Waals surface area contributed by atoms with E-state index in [1.54, 1.807) is 13.4 Å². The van der Waals surface area contributed by atoms with E-state index in [1.807, 2.05) is 45.1 Å². The molecule has 4 N–H and O–H groups in total. The number of allylic oxidation sites excluding steroid dienone is 1. The van der Waals surface area contributed by atoms with Crippen LogP contribution in [0.25, 0.3) is 5.57 Å². The van der Waals surface area contributed by atoms with E-state index < -0.39 is 0 Å². The number of anilines is 2. The number of nitrogens with zero attached hydrogens (tertiary/aromatic N) is 1. The number of nitrogen functional groups attached to an aromatic ring is 1. The third-order valence-corrected chi connectivity index (χ3v) is 7.00. The highest BCUT2D eigenvalue weighted by Crippen LogP contribution is 2.39. The van der Waals surface area contributed by atoms with Gasteiger partial charge < -0.3 is 30.6 Å². The summed E-state index contributed by atoms with van der Waals surface area (Å²) in [6.45, 7) is 5.58. The summed E-state index contributed by atoms with van der Waals surface area (Å²) < 4.78 is 17.2. The lowest BCUT2D eigenvalue weighted by Crippen LogP contribution is -2.39. The van der Waals surface area contributed by atoms with E-state index in [2.05, 4.69) is 23.6 Å². The minimum absolute atomic E-state index is 0.0108. The highest BCUT2D eigenvalue weighted by Gasteiger charge is 2.37. The van der Waals surface area contributed by atoms with E-state index in [9.17, 15) is 4.79 Å². The van der Waals surface area contributed by atoms with Crippen LogP contribution < -0.4 is 21.1 Å². The number of fused-ring (bicyclic) bond motifs is 1. The first kappa shape index (κ1) is 25.9. The maximum atomic E-state index is 13.0. The molecule has 0 spiro atoms. The van der Waals surface area contributed by atoms with Gasteiger partial charge in [-0.2, -0.15) is 0 Å². The van der Waals surface area contributed by atoms with E-state index in [0.29, 0.717) is 11.3 Å². The van der Waals surface area contributed by atoms with Crippen molar-refractivity contribution in [2.75, 3.05) is 52.4 Å². The highest BCUT2D eigenvalue weighted by molar-refractivity contribution is 5.89. The van der Waals surface area contributed by atoms with Crippen LogP contribution >= 0.6 is 0 Å². The van der Waals surface area contributed by atoms with Crippen molar-refractivity contribution < 1.29 is 19.0 Å². The van der Waals surface area contributed by atoms with Gasteiger partial charge in [0.15, 0.2) is 6.23 Å². The van der Waals surface area contributed by atoms with Crippen molar-refractivity contribution in [1.82, 2.24) is 10.2 Å². The van der Waals surface area contributed by atoms with Gasteiger partial charge in [0.05, 0.1) is 30.7 Å². The number of esters is 1. The first-order valence-corrected chi connectivity index (χ1v) is 12.0. The molecule has 0 radical (unpaired) electrons. The Morgan fingerprint density at radius 3 is 2.76 bits per heavy atom. The van der Waals surface area contributed by atoms with Crippen LogP contribution in [0.15, 0.2) is 30.0 Å². The first-order valence-electron chi connectivity index (χ1n) is 12.0. The molecule has 0 fully saturated rings. The van der Waals surface area contributed by atoms with Crippen LogP contribution in [0.2, 0.25) is 0 Å². The Labute approximate surface area is 203 Å². The smallest absolute Gasteiger partial charge is 0.338 e. The van der Waals surface area contributed by atoms with Crippen molar-refractivity contribution >= 4 is 22.9 Å². The molecule has 8 nitrogen and oxygen atoms in total. The lowest BCUT2D eigenvalue weighted by molar-refractivity contribution is -0.152. The topological polar surface area (TPSA) is 98.1 Å². The summed E-state index contributed by atoms with van der Waals surface area (Å²) in [6, 6.07) is 3.92. The molecule has 0 saturated carbocycles. The summed E-state index contributed by atoms with van der Waals surface area (Å²) in [6.07, 6.45) is 6.04. The Morgan fingerprint density at radius 1 is 1.32 bits per heavy atom. The standard InChI is InChI=1S/C26H40N4O4/c1-16-19-8-7-18(21-13-25(32-6)24(28-3)14-23(21)27)9-11-29-12-10-20(19)22(15-33-16)26(31)34-17(2)30(4)5/h7,13-17,19-20,28-29H,8-12,27H2,1-6H3/b18-7+/t16-,17?,19?,20?/m0/s1. The second-order valence-electron chi connectivity index (χ2n) is 9.30. The van der Waals surface area contributed by atoms with E-state index in [4.69, 9.17) is 19.9 Å². The molecule has 8 heteroatoms. The van der Waals surface area contributed by atoms with Gasteiger partial charge in [-0.3, -0.25) is 4.90 Å². The number of carbonyl (C=O) groups is 1. The van der Waals surface area contributed by atoms with Crippen LogP contribution in [0.4, 0.5) is 11.4 Å². The molecule has 3 rings (SSSR count). The molecule has 2 heterocycles. The second-order valence-corrected chi connectivity index (χ2v) is 9.30. The SMILES string of the molecule is CNc1cc(N)c(/C2=C/CC3C(CCNCC2)C(C(=O)OC(C)N(C)C)=CO[C@H]3C)cc1OC. The summed E-state index contributed by atoms with van der Waals surface area (Å²) in [4.78, 5) is 14.9. The van der Waals surface area contributed by atoms with Crippen LogP contribution in [0.1, 0.15) is 38.7 Å². The zero-order chi connectivity index (χ0) is 24.8. The zero-order valence-corrected chi connectivity index (χ0v) is 21.3. The van der Waals surface area contributed by atoms with Crippen molar-refractivity contribution in [2.24, 2.45) is 11.8 Å². The minimum Gasteiger partial charge on any atom is -0.497 e. The molecule has 1 aromatic rings. The van der Waals surface area contributed by atoms with Crippen molar-refractivity contribution in [3.63, 3.8) is 0 Å². The van der Waals surface area contributed by atoms with Gasteiger partial charge >= 0.3 is 5.97 Å². The van der Waals surface area contributed by atoms with Crippen molar-refractivity contribution in [3.05, 3.63) is 35.6 Å². The fourth-order valence-electron chi connectivity index (χ4n) is 4.65. The first-order chi connectivity index (χ1) is 16.3. The molecule has 188 valence electrons. The summed E-state index contributed by atoms with van der Waals surface area (Å²) in [5, 5.41) is 6.67. The Kier molecular flexibility index (Phi) is 8.85. The zero-order valence-electron chi connectivity index (χ0n) is 21.3. The maximum absolute atomic E-state index is 13.0. The Balaban J connectivity index is 1.91. The molecule has 0 bridgehead atoms. The number of carbonyl (C=O) groups excluding carboxylic acids is 1. The number of nitrogens with one attached hydrogen (secondary N) is 2. The normalized spacial score (nSPS) is 25.7. The number of benzene rings is 1. The van der Waals surface area contributed by atoms with Gasteiger partial charge in [0, 0.05) is 30.1 Å². The lowest BCUT2D eigenvalue weighted by atomic mass is 9.76. The fourth-order valence-corrected chi connectivity index (χ4v) is 4.65. The van der Waals surface area contributed by atoms with E-state index >= 15 is 0 Å². The largest absolute Gasteiger partial charge is 0.497 e. The Bertz CT molecular complexity index is 928. The molecule has 0 amide bonds. The molecule has 2 aliphatic rings. The summed E-state index contributed by atoms with van der Waals surface area (Å²) in [5.74, 6) is 0.651. The molecule has 0 aromatic heterocycles. The summed E-state index contributed by atoms with van der Waals surface area (Å²) in [5.41, 5.74) is 10.8. The van der Waals surface area contributed by atoms with Crippen LogP contribution in [0, 0.1) is 11.8 Å². The predicted molar refractivity (Wildman–Crippen MR) is 137 cm³/mol. The third kappa shape index (κ3) is 5.85. The molecule has 3 unspecified atom stereocenters. The van der Waals surface area contributed by atoms with Crippen LogP contribution in [-0.2, 0) is 14.3 Å². The Hall–Kier alpha value is -2.71. The monoisotopic (exact) mass is 472 g/mol. The van der Waals surface area contributed by atoms with Gasteiger partial charge in [0.2, 0.25) is 0 Å². The molecule has 0 aliphatic carbocycles. The minimum atomic E-state index is -0.311. The second kappa shape index (κ2) is 11.6. The van der Waals surface area contributed by atoms with Crippen molar-refractivity contribution in [1.29, 1.82) is 0 Å². The van der Waals surface area contributed by atoms with Crippen LogP contribution in [0.5, 0.6) is 5.75 Å². The number of nitrogens with two attached hydrogens (primary N) is 1. The average molecular weight is 473 g/mol. The average Bonchev–Trinajstić information content (AvgIpc) is 2.82. The number of hydrogen-bond acceptors (Lipinski definition) is 8. The van der Waals surface area contributed by atoms with Gasteiger partial charge in [0.1, 0.15) is 5.75 Å². The molecular weight excluding hydrogens is 432 g/mol. The van der Waals surface area contributed by atoms with Gasteiger partial charge in [-0.1, -0.05) is 6.08 Å². The fraction of sp³-hybridized carbons (Fsp3) is 0.577. The lowest BCUT2D eigenvalue weighted by Gasteiger charge is -2.37. The summed E-state index contributed by atoms with van der Waals surface area (Å²) in [7, 11) is 7.29.